The lowest BCUT2D eigenvalue weighted by molar-refractivity contribution is 0.949. The molecule has 5 heteroatoms. The topological polar surface area (TPSA) is 53.1 Å². The van der Waals surface area contributed by atoms with Crippen LogP contribution < -0.4 is 15.5 Å². The molecule has 0 aliphatic carbocycles. The Labute approximate surface area is 166 Å². The van der Waals surface area contributed by atoms with E-state index in [1.807, 2.05) is 19.1 Å². The highest BCUT2D eigenvalue weighted by atomic mass is 15.2. The summed E-state index contributed by atoms with van der Waals surface area (Å²) in [6.07, 6.45) is 3.53. The molecule has 3 aromatic rings. The van der Waals surface area contributed by atoms with Crippen molar-refractivity contribution < 1.29 is 0 Å². The van der Waals surface area contributed by atoms with Crippen molar-refractivity contribution >= 4 is 23.1 Å². The van der Waals surface area contributed by atoms with Crippen LogP contribution in [0, 0.1) is 6.92 Å². The minimum absolute atomic E-state index is 0.659. The van der Waals surface area contributed by atoms with E-state index in [1.54, 1.807) is 0 Å². The molecule has 0 bridgehead atoms. The smallest absolute Gasteiger partial charge is 0.224 e. The number of aryl methyl sites for hydroxylation is 1. The molecular weight excluding hydrogens is 346 g/mol. The first-order valence-corrected chi connectivity index (χ1v) is 10.0. The Morgan fingerprint density at radius 3 is 2.43 bits per heavy atom. The van der Waals surface area contributed by atoms with Crippen LogP contribution in [0.1, 0.15) is 24.1 Å². The standard InChI is InChI=1S/C23H27N5/c1-18-17-22(26-20-9-11-21(12-10-20)28-15-5-6-16-28)27-23(25-18)24-14-13-19-7-3-2-4-8-19/h2-4,7-12,17H,5-6,13-16H2,1H3,(H2,24,25,26,27). The summed E-state index contributed by atoms with van der Waals surface area (Å²) in [6, 6.07) is 21.0. The third-order valence-electron chi connectivity index (χ3n) is 5.00. The first-order chi connectivity index (χ1) is 13.8. The van der Waals surface area contributed by atoms with Gasteiger partial charge in [0.1, 0.15) is 5.82 Å². The van der Waals surface area contributed by atoms with Gasteiger partial charge in [-0.1, -0.05) is 30.3 Å². The molecule has 2 heterocycles. The highest BCUT2D eigenvalue weighted by molar-refractivity contribution is 5.61. The van der Waals surface area contributed by atoms with E-state index in [9.17, 15) is 0 Å². The summed E-state index contributed by atoms with van der Waals surface area (Å²) in [5, 5.41) is 6.74. The molecule has 28 heavy (non-hydrogen) atoms. The Bertz CT molecular complexity index is 887. The number of hydrogen-bond donors (Lipinski definition) is 2. The van der Waals surface area contributed by atoms with Gasteiger partial charge < -0.3 is 15.5 Å². The van der Waals surface area contributed by atoms with Crippen LogP contribution >= 0.6 is 0 Å². The summed E-state index contributed by atoms with van der Waals surface area (Å²) in [4.78, 5) is 11.6. The Hall–Kier alpha value is -3.08. The van der Waals surface area contributed by atoms with Crippen molar-refractivity contribution in [3.8, 4) is 0 Å². The summed E-state index contributed by atoms with van der Waals surface area (Å²) in [7, 11) is 0. The number of anilines is 4. The largest absolute Gasteiger partial charge is 0.372 e. The molecule has 0 unspecified atom stereocenters. The highest BCUT2D eigenvalue weighted by Crippen LogP contribution is 2.24. The maximum Gasteiger partial charge on any atom is 0.224 e. The van der Waals surface area contributed by atoms with E-state index in [0.717, 1.165) is 43.3 Å². The van der Waals surface area contributed by atoms with E-state index < -0.39 is 0 Å². The molecule has 2 N–H and O–H groups in total. The Morgan fingerprint density at radius 1 is 0.929 bits per heavy atom. The van der Waals surface area contributed by atoms with Crippen LogP contribution in [0.3, 0.4) is 0 Å². The van der Waals surface area contributed by atoms with E-state index in [-0.39, 0.29) is 0 Å². The van der Waals surface area contributed by atoms with Gasteiger partial charge in [-0.15, -0.1) is 0 Å². The molecule has 144 valence electrons. The summed E-state index contributed by atoms with van der Waals surface area (Å²) >= 11 is 0. The molecule has 5 nitrogen and oxygen atoms in total. The van der Waals surface area contributed by atoms with Crippen LogP contribution in [-0.2, 0) is 6.42 Å². The van der Waals surface area contributed by atoms with E-state index in [0.29, 0.717) is 5.95 Å². The monoisotopic (exact) mass is 373 g/mol. The molecule has 1 aliphatic heterocycles. The molecule has 0 saturated carbocycles. The third-order valence-corrected chi connectivity index (χ3v) is 5.00. The van der Waals surface area contributed by atoms with Crippen molar-refractivity contribution in [1.82, 2.24) is 9.97 Å². The van der Waals surface area contributed by atoms with Gasteiger partial charge in [0.25, 0.3) is 0 Å². The lowest BCUT2D eigenvalue weighted by Gasteiger charge is -2.18. The van der Waals surface area contributed by atoms with Gasteiger partial charge in [-0.25, -0.2) is 4.98 Å². The van der Waals surface area contributed by atoms with Crippen LogP contribution in [0.25, 0.3) is 0 Å². The van der Waals surface area contributed by atoms with Gasteiger partial charge in [-0.2, -0.15) is 4.98 Å². The van der Waals surface area contributed by atoms with Gasteiger partial charge in [0, 0.05) is 42.8 Å². The average Bonchev–Trinajstić information content (AvgIpc) is 3.24. The van der Waals surface area contributed by atoms with E-state index in [2.05, 4.69) is 74.0 Å². The predicted molar refractivity (Wildman–Crippen MR) is 117 cm³/mol. The fraction of sp³-hybridized carbons (Fsp3) is 0.304. The van der Waals surface area contributed by atoms with Gasteiger partial charge >= 0.3 is 0 Å². The maximum atomic E-state index is 4.62. The van der Waals surface area contributed by atoms with Crippen LogP contribution in [0.5, 0.6) is 0 Å². The number of nitrogens with one attached hydrogen (secondary N) is 2. The van der Waals surface area contributed by atoms with Crippen molar-refractivity contribution in [2.24, 2.45) is 0 Å². The summed E-state index contributed by atoms with van der Waals surface area (Å²) in [5.74, 6) is 1.47. The van der Waals surface area contributed by atoms with Crippen molar-refractivity contribution in [2.45, 2.75) is 26.2 Å². The third kappa shape index (κ3) is 4.80. The predicted octanol–water partition coefficient (Wildman–Crippen LogP) is 4.78. The van der Waals surface area contributed by atoms with Gasteiger partial charge in [0.05, 0.1) is 0 Å². The first kappa shape index (κ1) is 18.3. The van der Waals surface area contributed by atoms with Crippen LogP contribution in [0.2, 0.25) is 0 Å². The Kier molecular flexibility index (Phi) is 5.71. The van der Waals surface area contributed by atoms with Gasteiger partial charge in [0.2, 0.25) is 5.95 Å². The van der Waals surface area contributed by atoms with Crippen molar-refractivity contribution in [1.29, 1.82) is 0 Å². The van der Waals surface area contributed by atoms with E-state index in [1.165, 1.54) is 24.1 Å². The summed E-state index contributed by atoms with van der Waals surface area (Å²) in [5.41, 5.74) is 4.58. The lowest BCUT2D eigenvalue weighted by atomic mass is 10.1. The van der Waals surface area contributed by atoms with Crippen LogP contribution in [0.15, 0.2) is 60.7 Å². The highest BCUT2D eigenvalue weighted by Gasteiger charge is 2.12. The van der Waals surface area contributed by atoms with Crippen molar-refractivity contribution in [2.75, 3.05) is 35.2 Å². The van der Waals surface area contributed by atoms with Crippen molar-refractivity contribution in [3.05, 3.63) is 71.9 Å². The number of rotatable bonds is 7. The second kappa shape index (κ2) is 8.74. The van der Waals surface area contributed by atoms with E-state index in [4.69, 9.17) is 0 Å². The summed E-state index contributed by atoms with van der Waals surface area (Å²) < 4.78 is 0. The fourth-order valence-corrected chi connectivity index (χ4v) is 3.55. The van der Waals surface area contributed by atoms with Crippen LogP contribution in [-0.4, -0.2) is 29.6 Å². The number of aromatic nitrogens is 2. The second-order valence-corrected chi connectivity index (χ2v) is 7.25. The van der Waals surface area contributed by atoms with Crippen molar-refractivity contribution in [3.63, 3.8) is 0 Å². The minimum Gasteiger partial charge on any atom is -0.372 e. The first-order valence-electron chi connectivity index (χ1n) is 10.0. The average molecular weight is 374 g/mol. The molecule has 0 atom stereocenters. The number of hydrogen-bond acceptors (Lipinski definition) is 5. The lowest BCUT2D eigenvalue weighted by Crippen LogP contribution is -2.17. The normalized spacial score (nSPS) is 13.5. The molecule has 1 saturated heterocycles. The molecule has 0 amide bonds. The van der Waals surface area contributed by atoms with Gasteiger partial charge in [-0.05, 0) is 56.0 Å². The Morgan fingerprint density at radius 2 is 1.68 bits per heavy atom. The van der Waals surface area contributed by atoms with Crippen LogP contribution in [0.4, 0.5) is 23.1 Å². The molecule has 4 rings (SSSR count). The molecule has 1 aromatic heterocycles. The number of nitrogens with zero attached hydrogens (tertiary/aromatic N) is 3. The fourth-order valence-electron chi connectivity index (χ4n) is 3.55. The summed E-state index contributed by atoms with van der Waals surface area (Å²) in [6.45, 7) is 5.12. The SMILES string of the molecule is Cc1cc(Nc2ccc(N3CCCC3)cc2)nc(NCCc2ccccc2)n1. The Balaban J connectivity index is 1.37. The zero-order valence-corrected chi connectivity index (χ0v) is 16.4. The zero-order valence-electron chi connectivity index (χ0n) is 16.4. The van der Waals surface area contributed by atoms with Gasteiger partial charge in [0.15, 0.2) is 0 Å². The molecule has 0 radical (unpaired) electrons. The maximum absolute atomic E-state index is 4.62. The van der Waals surface area contributed by atoms with Gasteiger partial charge in [-0.3, -0.25) is 0 Å². The quantitative estimate of drug-likeness (QED) is 0.624. The molecule has 0 spiro atoms. The minimum atomic E-state index is 0.659. The molecule has 1 fully saturated rings. The second-order valence-electron chi connectivity index (χ2n) is 7.25. The molecule has 1 aliphatic rings. The number of benzene rings is 2. The zero-order chi connectivity index (χ0) is 19.2. The van der Waals surface area contributed by atoms with E-state index >= 15 is 0 Å². The molecule has 2 aromatic carbocycles. The molecular formula is C23H27N5.